The lowest BCUT2D eigenvalue weighted by Gasteiger charge is -2.34. The molecule has 0 spiro atoms. The Balaban J connectivity index is 2.49. The van der Waals surface area contributed by atoms with E-state index in [-0.39, 0.29) is 0 Å². The zero-order valence-corrected chi connectivity index (χ0v) is 7.94. The average Bonchev–Trinajstić information content (AvgIpc) is 1.77. The van der Waals surface area contributed by atoms with Crippen molar-refractivity contribution in [1.82, 2.24) is 0 Å². The Morgan fingerprint density at radius 2 is 2.11 bits per heavy atom. The van der Waals surface area contributed by atoms with Crippen molar-refractivity contribution in [3.05, 3.63) is 0 Å². The molecule has 1 atom stereocenters. The van der Waals surface area contributed by atoms with E-state index in [1.54, 1.807) is 0 Å². The van der Waals surface area contributed by atoms with Crippen molar-refractivity contribution in [2.75, 3.05) is 5.75 Å². The van der Waals surface area contributed by atoms with Crippen LogP contribution in [0.5, 0.6) is 0 Å². The highest BCUT2D eigenvalue weighted by Crippen LogP contribution is 2.46. The van der Waals surface area contributed by atoms with Crippen LogP contribution in [0.2, 0.25) is 0 Å². The van der Waals surface area contributed by atoms with Crippen molar-refractivity contribution in [2.24, 2.45) is 5.92 Å². The Morgan fingerprint density at radius 1 is 1.44 bits per heavy atom. The largest absolute Gasteiger partial charge is 0.0936 e. The molecular weight excluding hydrogens is 148 g/mol. The van der Waals surface area contributed by atoms with E-state index in [0.29, 0.717) is 4.75 Å². The van der Waals surface area contributed by atoms with Gasteiger partial charge in [-0.05, 0) is 26.2 Å². The monoisotopic (exact) mass is 162 g/mol. The molecule has 1 aliphatic rings. The van der Waals surface area contributed by atoms with Crippen molar-refractivity contribution in [1.29, 1.82) is 0 Å². The zero-order valence-electron chi connectivity index (χ0n) is 6.31. The molecule has 0 aromatic carbocycles. The summed E-state index contributed by atoms with van der Waals surface area (Å²) < 4.78 is 0.517. The summed E-state index contributed by atoms with van der Waals surface area (Å²) in [4.78, 5) is 0. The van der Waals surface area contributed by atoms with Crippen molar-refractivity contribution >= 4 is 21.6 Å². The third-order valence-corrected chi connectivity index (χ3v) is 5.59. The summed E-state index contributed by atoms with van der Waals surface area (Å²) in [6, 6.07) is 0. The molecule has 0 aromatic rings. The minimum atomic E-state index is 0.517. The third kappa shape index (κ3) is 1.81. The second-order valence-electron chi connectivity index (χ2n) is 3.20. The molecule has 0 bridgehead atoms. The first-order valence-electron chi connectivity index (χ1n) is 3.43. The van der Waals surface area contributed by atoms with Crippen LogP contribution in [0.25, 0.3) is 0 Å². The van der Waals surface area contributed by atoms with Crippen LogP contribution in [-0.4, -0.2) is 10.5 Å². The van der Waals surface area contributed by atoms with Crippen LogP contribution in [0.3, 0.4) is 0 Å². The van der Waals surface area contributed by atoms with E-state index in [2.05, 4.69) is 20.8 Å². The number of rotatable bonds is 0. The molecule has 0 aliphatic carbocycles. The molecule has 1 aliphatic heterocycles. The summed E-state index contributed by atoms with van der Waals surface area (Å²) in [5.41, 5.74) is 0. The van der Waals surface area contributed by atoms with Gasteiger partial charge in [-0.1, -0.05) is 28.5 Å². The molecule has 1 heterocycles. The van der Waals surface area contributed by atoms with Crippen LogP contribution in [-0.2, 0) is 0 Å². The predicted octanol–water partition coefficient (Wildman–Crippen LogP) is 3.19. The lowest BCUT2D eigenvalue weighted by atomic mass is 9.94. The van der Waals surface area contributed by atoms with E-state index in [0.717, 1.165) is 5.92 Å². The summed E-state index contributed by atoms with van der Waals surface area (Å²) in [5, 5.41) is 0. The Labute approximate surface area is 65.6 Å². The van der Waals surface area contributed by atoms with Gasteiger partial charge in [0.25, 0.3) is 0 Å². The highest BCUT2D eigenvalue weighted by atomic mass is 33.1. The first-order chi connectivity index (χ1) is 4.13. The fourth-order valence-corrected chi connectivity index (χ4v) is 3.91. The van der Waals surface area contributed by atoms with Crippen LogP contribution < -0.4 is 0 Å². The maximum Gasteiger partial charge on any atom is 0.0233 e. The summed E-state index contributed by atoms with van der Waals surface area (Å²) in [7, 11) is 4.07. The second kappa shape index (κ2) is 2.75. The third-order valence-electron chi connectivity index (χ3n) is 2.09. The normalized spacial score (nSPS) is 34.3. The van der Waals surface area contributed by atoms with Gasteiger partial charge in [-0.3, -0.25) is 0 Å². The van der Waals surface area contributed by atoms with Gasteiger partial charge in [-0.2, -0.15) is 0 Å². The summed E-state index contributed by atoms with van der Waals surface area (Å²) in [6.45, 7) is 7.04. The molecule has 1 unspecified atom stereocenters. The number of hydrogen-bond acceptors (Lipinski definition) is 2. The van der Waals surface area contributed by atoms with Gasteiger partial charge in [0.1, 0.15) is 0 Å². The molecule has 9 heavy (non-hydrogen) atoms. The summed E-state index contributed by atoms with van der Waals surface area (Å²) in [6.07, 6.45) is 1.39. The van der Waals surface area contributed by atoms with E-state index in [4.69, 9.17) is 0 Å². The van der Waals surface area contributed by atoms with Gasteiger partial charge in [-0.15, -0.1) is 0 Å². The van der Waals surface area contributed by atoms with Crippen molar-refractivity contribution in [3.63, 3.8) is 0 Å². The van der Waals surface area contributed by atoms with E-state index in [1.807, 2.05) is 21.6 Å². The van der Waals surface area contributed by atoms with Gasteiger partial charge in [0.05, 0.1) is 0 Å². The lowest BCUT2D eigenvalue weighted by molar-refractivity contribution is 0.450. The molecule has 0 nitrogen and oxygen atoms in total. The summed E-state index contributed by atoms with van der Waals surface area (Å²) in [5.74, 6) is 2.23. The van der Waals surface area contributed by atoms with Crippen LogP contribution in [0.4, 0.5) is 0 Å². The second-order valence-corrected chi connectivity index (χ2v) is 6.27. The Kier molecular flexibility index (Phi) is 2.38. The van der Waals surface area contributed by atoms with Gasteiger partial charge in [0.2, 0.25) is 0 Å². The quantitative estimate of drug-likeness (QED) is 0.502. The topological polar surface area (TPSA) is 0 Å². The molecule has 2 heteroatoms. The Hall–Kier alpha value is 0.700. The molecule has 0 radical (unpaired) electrons. The minimum absolute atomic E-state index is 0.517. The fourth-order valence-electron chi connectivity index (χ4n) is 0.848. The Bertz CT molecular complexity index is 99.1. The molecular formula is C7H14S2. The van der Waals surface area contributed by atoms with Crippen LogP contribution in [0, 0.1) is 5.92 Å². The molecule has 1 fully saturated rings. The van der Waals surface area contributed by atoms with Gasteiger partial charge in [-0.25, -0.2) is 0 Å². The molecule has 0 amide bonds. The predicted molar refractivity (Wildman–Crippen MR) is 47.9 cm³/mol. The molecule has 54 valence electrons. The first kappa shape index (κ1) is 7.80. The highest BCUT2D eigenvalue weighted by molar-refractivity contribution is 8.77. The van der Waals surface area contributed by atoms with Crippen LogP contribution in [0.15, 0.2) is 0 Å². The van der Waals surface area contributed by atoms with Crippen molar-refractivity contribution < 1.29 is 0 Å². The van der Waals surface area contributed by atoms with Crippen molar-refractivity contribution in [2.45, 2.75) is 31.9 Å². The van der Waals surface area contributed by atoms with E-state index in [9.17, 15) is 0 Å². The smallest absolute Gasteiger partial charge is 0.0233 e. The maximum atomic E-state index is 2.35. The lowest BCUT2D eigenvalue weighted by Crippen LogP contribution is -2.27. The minimum Gasteiger partial charge on any atom is -0.0936 e. The number of hydrogen-bond donors (Lipinski definition) is 0. The standard InChI is InChI=1S/C7H14S2/c1-6-4-5-8-9-7(6,2)3/h6H,4-5H2,1-3H3. The average molecular weight is 162 g/mol. The van der Waals surface area contributed by atoms with E-state index in [1.165, 1.54) is 12.2 Å². The van der Waals surface area contributed by atoms with Gasteiger partial charge in [0.15, 0.2) is 0 Å². The summed E-state index contributed by atoms with van der Waals surface area (Å²) >= 11 is 0. The maximum absolute atomic E-state index is 2.35. The fraction of sp³-hybridized carbons (Fsp3) is 1.00. The Morgan fingerprint density at radius 3 is 2.44 bits per heavy atom. The highest BCUT2D eigenvalue weighted by Gasteiger charge is 2.29. The first-order valence-corrected chi connectivity index (χ1v) is 5.75. The van der Waals surface area contributed by atoms with E-state index >= 15 is 0 Å². The van der Waals surface area contributed by atoms with E-state index < -0.39 is 0 Å². The van der Waals surface area contributed by atoms with Crippen molar-refractivity contribution in [3.8, 4) is 0 Å². The van der Waals surface area contributed by atoms with Gasteiger partial charge >= 0.3 is 0 Å². The zero-order chi connectivity index (χ0) is 6.91. The van der Waals surface area contributed by atoms with Gasteiger partial charge in [0, 0.05) is 10.5 Å². The SMILES string of the molecule is CC1CCSSC1(C)C. The molecule has 1 saturated heterocycles. The molecule has 1 rings (SSSR count). The van der Waals surface area contributed by atoms with Crippen LogP contribution in [0.1, 0.15) is 27.2 Å². The molecule has 0 aromatic heterocycles. The van der Waals surface area contributed by atoms with Crippen LogP contribution >= 0.6 is 21.6 Å². The molecule has 0 N–H and O–H groups in total. The van der Waals surface area contributed by atoms with Gasteiger partial charge < -0.3 is 0 Å². The molecule has 0 saturated carbocycles.